The molecular weight excluding hydrogens is 313 g/mol. The molecule has 0 atom stereocenters. The van der Waals surface area contributed by atoms with Crippen molar-refractivity contribution in [2.24, 2.45) is 0 Å². The van der Waals surface area contributed by atoms with Crippen molar-refractivity contribution >= 4 is 15.9 Å². The first-order valence-electron chi connectivity index (χ1n) is 6.59. The highest BCUT2D eigenvalue weighted by molar-refractivity contribution is 9.10. The van der Waals surface area contributed by atoms with E-state index in [4.69, 9.17) is 9.47 Å². The summed E-state index contributed by atoms with van der Waals surface area (Å²) in [6, 6.07) is 4.52. The standard InChI is InChI=1S/C14H21BrFNO2/c1-2-3-6-18-7-4-17-5-8-19-14-10-12(15)9-13(16)11-14/h9-11,17H,2-8H2,1H3. The Morgan fingerprint density at radius 2 is 1.95 bits per heavy atom. The van der Waals surface area contributed by atoms with Crippen molar-refractivity contribution in [2.45, 2.75) is 19.8 Å². The molecule has 0 aromatic heterocycles. The summed E-state index contributed by atoms with van der Waals surface area (Å²) in [4.78, 5) is 0. The van der Waals surface area contributed by atoms with Crippen LogP contribution in [0.5, 0.6) is 5.75 Å². The average Bonchev–Trinajstić information content (AvgIpc) is 2.36. The van der Waals surface area contributed by atoms with Crippen molar-refractivity contribution in [1.29, 1.82) is 0 Å². The first kappa shape index (κ1) is 16.4. The highest BCUT2D eigenvalue weighted by atomic mass is 79.9. The first-order chi connectivity index (χ1) is 9.22. The van der Waals surface area contributed by atoms with Crippen LogP contribution in [0, 0.1) is 5.82 Å². The molecule has 19 heavy (non-hydrogen) atoms. The summed E-state index contributed by atoms with van der Waals surface area (Å²) < 4.78 is 24.6. The van der Waals surface area contributed by atoms with Crippen molar-refractivity contribution < 1.29 is 13.9 Å². The number of ether oxygens (including phenoxy) is 2. The molecule has 0 aliphatic heterocycles. The van der Waals surface area contributed by atoms with E-state index in [-0.39, 0.29) is 5.82 Å². The van der Waals surface area contributed by atoms with Gasteiger partial charge in [-0.1, -0.05) is 29.3 Å². The van der Waals surface area contributed by atoms with Gasteiger partial charge in [-0.05, 0) is 18.6 Å². The summed E-state index contributed by atoms with van der Waals surface area (Å²) in [5.74, 6) is 0.231. The third-order valence-electron chi connectivity index (χ3n) is 2.45. The quantitative estimate of drug-likeness (QED) is 0.666. The molecule has 0 aliphatic carbocycles. The second-order valence-electron chi connectivity index (χ2n) is 4.17. The molecular formula is C14H21BrFNO2. The van der Waals surface area contributed by atoms with E-state index >= 15 is 0 Å². The predicted octanol–water partition coefficient (Wildman–Crippen LogP) is 3.37. The van der Waals surface area contributed by atoms with Crippen molar-refractivity contribution in [1.82, 2.24) is 5.32 Å². The lowest BCUT2D eigenvalue weighted by Crippen LogP contribution is -2.25. The summed E-state index contributed by atoms with van der Waals surface area (Å²) in [6.07, 6.45) is 2.27. The molecule has 0 saturated carbocycles. The van der Waals surface area contributed by atoms with Crippen LogP contribution >= 0.6 is 15.9 Å². The lowest BCUT2D eigenvalue weighted by Gasteiger charge is -2.08. The molecule has 0 spiro atoms. The number of unbranched alkanes of at least 4 members (excludes halogenated alkanes) is 1. The van der Waals surface area contributed by atoms with E-state index in [0.29, 0.717) is 30.0 Å². The highest BCUT2D eigenvalue weighted by Crippen LogP contribution is 2.20. The van der Waals surface area contributed by atoms with Crippen LogP contribution in [0.1, 0.15) is 19.8 Å². The second kappa shape index (κ2) is 10.2. The van der Waals surface area contributed by atoms with Gasteiger partial charge in [-0.3, -0.25) is 0 Å². The summed E-state index contributed by atoms with van der Waals surface area (Å²) >= 11 is 3.22. The molecule has 0 amide bonds. The minimum atomic E-state index is -0.304. The highest BCUT2D eigenvalue weighted by Gasteiger charge is 1.99. The lowest BCUT2D eigenvalue weighted by atomic mass is 10.3. The molecule has 5 heteroatoms. The van der Waals surface area contributed by atoms with Crippen LogP contribution in [0.25, 0.3) is 0 Å². The van der Waals surface area contributed by atoms with Gasteiger partial charge in [0.05, 0.1) is 6.61 Å². The maximum absolute atomic E-state index is 13.1. The first-order valence-corrected chi connectivity index (χ1v) is 7.39. The van der Waals surface area contributed by atoms with E-state index in [2.05, 4.69) is 28.2 Å². The number of benzene rings is 1. The van der Waals surface area contributed by atoms with Crippen LogP contribution in [0.4, 0.5) is 4.39 Å². The summed E-state index contributed by atoms with van der Waals surface area (Å²) in [7, 11) is 0. The fourth-order valence-electron chi connectivity index (χ4n) is 1.47. The van der Waals surface area contributed by atoms with E-state index in [1.165, 1.54) is 12.1 Å². The monoisotopic (exact) mass is 333 g/mol. The van der Waals surface area contributed by atoms with Gasteiger partial charge in [-0.15, -0.1) is 0 Å². The maximum Gasteiger partial charge on any atom is 0.128 e. The van der Waals surface area contributed by atoms with Gasteiger partial charge in [-0.2, -0.15) is 0 Å². The third-order valence-corrected chi connectivity index (χ3v) is 2.91. The van der Waals surface area contributed by atoms with Gasteiger partial charge in [0, 0.05) is 30.2 Å². The Balaban J connectivity index is 2.01. The molecule has 1 aromatic carbocycles. The van der Waals surface area contributed by atoms with Gasteiger partial charge < -0.3 is 14.8 Å². The minimum Gasteiger partial charge on any atom is -0.492 e. The SMILES string of the molecule is CCCCOCCNCCOc1cc(F)cc(Br)c1. The Morgan fingerprint density at radius 3 is 2.68 bits per heavy atom. The number of nitrogens with one attached hydrogen (secondary N) is 1. The van der Waals surface area contributed by atoms with E-state index in [9.17, 15) is 4.39 Å². The number of rotatable bonds is 10. The van der Waals surface area contributed by atoms with Crippen LogP contribution in [-0.2, 0) is 4.74 Å². The summed E-state index contributed by atoms with van der Waals surface area (Å²) in [5.41, 5.74) is 0. The smallest absolute Gasteiger partial charge is 0.128 e. The van der Waals surface area contributed by atoms with Gasteiger partial charge >= 0.3 is 0 Å². The topological polar surface area (TPSA) is 30.5 Å². The lowest BCUT2D eigenvalue weighted by molar-refractivity contribution is 0.132. The van der Waals surface area contributed by atoms with Crippen LogP contribution in [-0.4, -0.2) is 32.9 Å². The zero-order valence-electron chi connectivity index (χ0n) is 11.3. The molecule has 1 rings (SSSR count). The molecule has 0 fully saturated rings. The fourth-order valence-corrected chi connectivity index (χ4v) is 1.92. The fraction of sp³-hybridized carbons (Fsp3) is 0.571. The third kappa shape index (κ3) is 8.18. The Kier molecular flexibility index (Phi) is 8.79. The van der Waals surface area contributed by atoms with E-state index in [0.717, 1.165) is 26.0 Å². The maximum atomic E-state index is 13.1. The van der Waals surface area contributed by atoms with Crippen molar-refractivity contribution in [3.05, 3.63) is 28.5 Å². The van der Waals surface area contributed by atoms with Crippen LogP contribution in [0.3, 0.4) is 0 Å². The second-order valence-corrected chi connectivity index (χ2v) is 5.09. The molecule has 0 bridgehead atoms. The Labute approximate surface area is 122 Å². The predicted molar refractivity (Wildman–Crippen MR) is 78.2 cm³/mol. The zero-order valence-corrected chi connectivity index (χ0v) is 12.8. The van der Waals surface area contributed by atoms with Gasteiger partial charge in [0.15, 0.2) is 0 Å². The van der Waals surface area contributed by atoms with Crippen molar-refractivity contribution in [3.63, 3.8) is 0 Å². The molecule has 0 radical (unpaired) electrons. The summed E-state index contributed by atoms with van der Waals surface area (Å²) in [5, 5.41) is 3.21. The largest absolute Gasteiger partial charge is 0.492 e. The van der Waals surface area contributed by atoms with Crippen LogP contribution in [0.15, 0.2) is 22.7 Å². The van der Waals surface area contributed by atoms with Crippen molar-refractivity contribution in [2.75, 3.05) is 32.9 Å². The molecule has 0 heterocycles. The van der Waals surface area contributed by atoms with Gasteiger partial charge in [0.25, 0.3) is 0 Å². The average molecular weight is 334 g/mol. The van der Waals surface area contributed by atoms with Crippen LogP contribution in [0.2, 0.25) is 0 Å². The molecule has 1 aromatic rings. The molecule has 0 saturated heterocycles. The van der Waals surface area contributed by atoms with Crippen LogP contribution < -0.4 is 10.1 Å². The molecule has 0 aliphatic rings. The normalized spacial score (nSPS) is 10.7. The van der Waals surface area contributed by atoms with Gasteiger partial charge in [-0.25, -0.2) is 4.39 Å². The number of hydrogen-bond acceptors (Lipinski definition) is 3. The van der Waals surface area contributed by atoms with E-state index in [1.54, 1.807) is 6.07 Å². The van der Waals surface area contributed by atoms with Gasteiger partial charge in [0.1, 0.15) is 18.2 Å². The molecule has 0 unspecified atom stereocenters. The van der Waals surface area contributed by atoms with E-state index < -0.39 is 0 Å². The van der Waals surface area contributed by atoms with Crippen molar-refractivity contribution in [3.8, 4) is 5.75 Å². The Bertz CT molecular complexity index is 343. The van der Waals surface area contributed by atoms with Gasteiger partial charge in [0.2, 0.25) is 0 Å². The summed E-state index contributed by atoms with van der Waals surface area (Å²) in [6.45, 7) is 5.71. The Morgan fingerprint density at radius 1 is 1.16 bits per heavy atom. The molecule has 3 nitrogen and oxygen atoms in total. The zero-order chi connectivity index (χ0) is 13.9. The molecule has 1 N–H and O–H groups in total. The number of halogens is 2. The Hall–Kier alpha value is -0.650. The molecule has 108 valence electrons. The van der Waals surface area contributed by atoms with E-state index in [1.807, 2.05) is 0 Å². The minimum absolute atomic E-state index is 0.304. The number of hydrogen-bond donors (Lipinski definition) is 1.